The minimum absolute atomic E-state index is 0.0836. The van der Waals surface area contributed by atoms with Gasteiger partial charge in [0.05, 0.1) is 24.3 Å². The highest BCUT2D eigenvalue weighted by Crippen LogP contribution is 2.09. The summed E-state index contributed by atoms with van der Waals surface area (Å²) in [5.41, 5.74) is 2.45. The van der Waals surface area contributed by atoms with Crippen LogP contribution in [0.1, 0.15) is 36.2 Å². The molecule has 0 heterocycles. The minimum Gasteiger partial charge on any atom is -0.356 e. The van der Waals surface area contributed by atoms with Crippen LogP contribution in [-0.4, -0.2) is 43.1 Å². The molecule has 0 aromatic heterocycles. The summed E-state index contributed by atoms with van der Waals surface area (Å²) in [5.74, 6) is -1.40. The Morgan fingerprint density at radius 1 is 1.28 bits per heavy atom. The second-order valence-electron chi connectivity index (χ2n) is 5.45. The van der Waals surface area contributed by atoms with Crippen molar-refractivity contribution >= 4 is 11.8 Å². The van der Waals surface area contributed by atoms with E-state index in [4.69, 9.17) is 19.9 Å². The Morgan fingerprint density at radius 2 is 1.96 bits per heavy atom. The molecule has 0 aliphatic rings. The molecule has 3 N–H and O–H groups in total. The molecule has 2 amide bonds. The van der Waals surface area contributed by atoms with E-state index in [9.17, 15) is 9.59 Å². The van der Waals surface area contributed by atoms with Crippen molar-refractivity contribution in [2.45, 2.75) is 26.3 Å². The Balaban J connectivity index is 2.70. The zero-order valence-electron chi connectivity index (χ0n) is 14.3. The number of hydrogen-bond donors (Lipinski definition) is 3. The Bertz CT molecular complexity index is 597. The summed E-state index contributed by atoms with van der Waals surface area (Å²) in [6.07, 6.45) is 0.278. The van der Waals surface area contributed by atoms with Crippen molar-refractivity contribution in [2.24, 2.45) is 5.92 Å². The Labute approximate surface area is 146 Å². The molecule has 0 aliphatic heterocycles. The lowest BCUT2D eigenvalue weighted by Crippen LogP contribution is -2.41. The lowest BCUT2D eigenvalue weighted by atomic mass is 10.0. The van der Waals surface area contributed by atoms with Crippen molar-refractivity contribution in [3.63, 3.8) is 0 Å². The highest BCUT2D eigenvalue weighted by molar-refractivity contribution is 5.94. The number of nitrogens with zero attached hydrogens (tertiary/aromatic N) is 1. The summed E-state index contributed by atoms with van der Waals surface area (Å²) < 4.78 is 10.4. The Kier molecular flexibility index (Phi) is 9.17. The van der Waals surface area contributed by atoms with E-state index >= 15 is 0 Å². The van der Waals surface area contributed by atoms with Gasteiger partial charge in [0.15, 0.2) is 0 Å². The molecule has 1 aromatic rings. The van der Waals surface area contributed by atoms with Crippen LogP contribution in [0.4, 0.5) is 0 Å². The quantitative estimate of drug-likeness (QED) is 0.253. The van der Waals surface area contributed by atoms with Gasteiger partial charge in [0.2, 0.25) is 5.91 Å². The van der Waals surface area contributed by atoms with Crippen LogP contribution in [0, 0.1) is 17.2 Å². The first-order chi connectivity index (χ1) is 12.0. The predicted octanol–water partition coefficient (Wildman–Crippen LogP) is 1.20. The predicted molar refractivity (Wildman–Crippen MR) is 88.6 cm³/mol. The number of carbonyl (C=O) groups excluding carboxylic acids is 2. The van der Waals surface area contributed by atoms with Crippen molar-refractivity contribution in [3.05, 3.63) is 35.4 Å². The summed E-state index contributed by atoms with van der Waals surface area (Å²) in [4.78, 5) is 23.8. The van der Waals surface area contributed by atoms with Gasteiger partial charge in [0, 0.05) is 18.1 Å². The topological polar surface area (TPSA) is 121 Å². The average molecular weight is 349 g/mol. The molecule has 0 fully saturated rings. The third-order valence-corrected chi connectivity index (χ3v) is 3.50. The maximum Gasteiger partial charge on any atom is 0.251 e. The maximum atomic E-state index is 12.3. The SMILES string of the molecule is CCOCOCC(CC(C)C(=O)NO)NC(=O)c1ccc(C#N)cc1. The van der Waals surface area contributed by atoms with Crippen molar-refractivity contribution in [1.82, 2.24) is 10.8 Å². The molecule has 2 unspecified atom stereocenters. The number of hydroxylamine groups is 1. The lowest BCUT2D eigenvalue weighted by molar-refractivity contribution is -0.133. The molecule has 2 atom stereocenters. The number of carbonyl (C=O) groups is 2. The Hall–Kier alpha value is -2.47. The third kappa shape index (κ3) is 7.30. The fourth-order valence-electron chi connectivity index (χ4n) is 2.11. The van der Waals surface area contributed by atoms with Crippen molar-refractivity contribution in [1.29, 1.82) is 5.26 Å². The van der Waals surface area contributed by atoms with E-state index in [1.165, 1.54) is 0 Å². The second kappa shape index (κ2) is 11.1. The molecule has 0 radical (unpaired) electrons. The Morgan fingerprint density at radius 3 is 2.52 bits per heavy atom. The molecule has 0 saturated heterocycles. The average Bonchev–Trinajstić information content (AvgIpc) is 2.64. The van der Waals surface area contributed by atoms with Gasteiger partial charge in [-0.15, -0.1) is 0 Å². The van der Waals surface area contributed by atoms with Gasteiger partial charge in [0.1, 0.15) is 6.79 Å². The van der Waals surface area contributed by atoms with Crippen LogP contribution in [0.15, 0.2) is 24.3 Å². The molecule has 8 nitrogen and oxygen atoms in total. The number of nitrogens with one attached hydrogen (secondary N) is 2. The molecule has 0 spiro atoms. The summed E-state index contributed by atoms with van der Waals surface area (Å²) in [7, 11) is 0. The largest absolute Gasteiger partial charge is 0.356 e. The molecule has 0 bridgehead atoms. The molecular formula is C17H23N3O5. The van der Waals surface area contributed by atoms with Crippen molar-refractivity contribution < 1.29 is 24.3 Å². The van der Waals surface area contributed by atoms with Crippen LogP contribution in [0.5, 0.6) is 0 Å². The van der Waals surface area contributed by atoms with Crippen LogP contribution in [0.2, 0.25) is 0 Å². The van der Waals surface area contributed by atoms with Crippen molar-refractivity contribution in [2.75, 3.05) is 20.0 Å². The highest BCUT2D eigenvalue weighted by Gasteiger charge is 2.21. The molecule has 0 saturated carbocycles. The van der Waals surface area contributed by atoms with E-state index in [0.29, 0.717) is 17.7 Å². The first-order valence-electron chi connectivity index (χ1n) is 7.92. The van der Waals surface area contributed by atoms with E-state index in [-0.39, 0.29) is 25.7 Å². The molecule has 1 aromatic carbocycles. The van der Waals surface area contributed by atoms with Gasteiger partial charge < -0.3 is 14.8 Å². The number of hydrogen-bond acceptors (Lipinski definition) is 6. The van der Waals surface area contributed by atoms with Crippen LogP contribution < -0.4 is 10.8 Å². The van der Waals surface area contributed by atoms with E-state index in [1.807, 2.05) is 13.0 Å². The zero-order chi connectivity index (χ0) is 18.7. The normalized spacial score (nSPS) is 12.7. The van der Waals surface area contributed by atoms with Gasteiger partial charge in [-0.2, -0.15) is 5.26 Å². The number of amides is 2. The van der Waals surface area contributed by atoms with E-state index < -0.39 is 17.9 Å². The first kappa shape index (κ1) is 20.6. The van der Waals surface area contributed by atoms with Crippen LogP contribution in [0.3, 0.4) is 0 Å². The highest BCUT2D eigenvalue weighted by atomic mass is 16.7. The first-order valence-corrected chi connectivity index (χ1v) is 7.92. The molecule has 0 aliphatic carbocycles. The van der Waals surface area contributed by atoms with E-state index in [2.05, 4.69) is 5.32 Å². The summed E-state index contributed by atoms with van der Waals surface area (Å²) in [5, 5.41) is 20.3. The van der Waals surface area contributed by atoms with E-state index in [0.717, 1.165) is 0 Å². The zero-order valence-corrected chi connectivity index (χ0v) is 14.3. The fourth-order valence-corrected chi connectivity index (χ4v) is 2.11. The smallest absolute Gasteiger partial charge is 0.251 e. The number of rotatable bonds is 10. The molecule has 8 heteroatoms. The summed E-state index contributed by atoms with van der Waals surface area (Å²) in [6.45, 7) is 4.22. The van der Waals surface area contributed by atoms with Gasteiger partial charge >= 0.3 is 0 Å². The molecular weight excluding hydrogens is 326 g/mol. The van der Waals surface area contributed by atoms with Crippen LogP contribution in [-0.2, 0) is 14.3 Å². The second-order valence-corrected chi connectivity index (χ2v) is 5.45. The molecule has 25 heavy (non-hydrogen) atoms. The third-order valence-electron chi connectivity index (χ3n) is 3.50. The monoisotopic (exact) mass is 349 g/mol. The van der Waals surface area contributed by atoms with E-state index in [1.54, 1.807) is 36.7 Å². The number of benzene rings is 1. The van der Waals surface area contributed by atoms with Gasteiger partial charge in [-0.05, 0) is 37.6 Å². The summed E-state index contributed by atoms with van der Waals surface area (Å²) in [6, 6.07) is 7.75. The van der Waals surface area contributed by atoms with Crippen LogP contribution in [0.25, 0.3) is 0 Å². The maximum absolute atomic E-state index is 12.3. The van der Waals surface area contributed by atoms with Crippen LogP contribution >= 0.6 is 0 Å². The molecule has 1 rings (SSSR count). The molecule has 136 valence electrons. The van der Waals surface area contributed by atoms with Crippen molar-refractivity contribution in [3.8, 4) is 6.07 Å². The van der Waals surface area contributed by atoms with Gasteiger partial charge in [-0.25, -0.2) is 5.48 Å². The minimum atomic E-state index is -0.539. The number of nitriles is 1. The fraction of sp³-hybridized carbons (Fsp3) is 0.471. The summed E-state index contributed by atoms with van der Waals surface area (Å²) >= 11 is 0. The van der Waals surface area contributed by atoms with Gasteiger partial charge in [0.25, 0.3) is 5.91 Å². The standard InChI is InChI=1S/C17H23N3O5/c1-3-24-11-25-10-15(8-12(2)16(21)20-23)19-17(22)14-6-4-13(9-18)5-7-14/h4-7,12,15,23H,3,8,10-11H2,1-2H3,(H,19,22)(H,20,21). The van der Waals surface area contributed by atoms with Gasteiger partial charge in [-0.3, -0.25) is 14.8 Å². The lowest BCUT2D eigenvalue weighted by Gasteiger charge is -2.21. The number of ether oxygens (including phenoxy) is 2. The van der Waals surface area contributed by atoms with Gasteiger partial charge in [-0.1, -0.05) is 6.92 Å².